The Kier molecular flexibility index (Phi) is 6.56. The van der Waals surface area contributed by atoms with Crippen molar-refractivity contribution in [2.45, 2.75) is 0 Å². The highest BCUT2D eigenvalue weighted by molar-refractivity contribution is 5.90. The van der Waals surface area contributed by atoms with Gasteiger partial charge in [-0.2, -0.15) is 15.1 Å². The van der Waals surface area contributed by atoms with Gasteiger partial charge in [0, 0.05) is 11.3 Å². The second-order valence-electron chi connectivity index (χ2n) is 5.57. The number of benzene rings is 2. The lowest BCUT2D eigenvalue weighted by Gasteiger charge is -2.09. The van der Waals surface area contributed by atoms with Crippen LogP contribution >= 0.6 is 0 Å². The normalized spacial score (nSPS) is 10.4. The topological polar surface area (TPSA) is 107 Å². The molecule has 0 saturated carbocycles. The maximum absolute atomic E-state index is 11.9. The maximum Gasteiger partial charge on any atom is 0.339 e. The second kappa shape index (κ2) is 9.70. The van der Waals surface area contributed by atoms with Gasteiger partial charge in [-0.25, -0.2) is 10.2 Å². The molecule has 2 amide bonds. The van der Waals surface area contributed by atoms with Crippen LogP contribution in [0.3, 0.4) is 0 Å². The molecule has 3 rings (SSSR count). The van der Waals surface area contributed by atoms with Gasteiger partial charge in [0.25, 0.3) is 0 Å². The van der Waals surface area contributed by atoms with Crippen molar-refractivity contribution in [1.29, 1.82) is 0 Å². The van der Waals surface area contributed by atoms with E-state index in [1.54, 1.807) is 30.3 Å². The van der Waals surface area contributed by atoms with E-state index in [0.717, 1.165) is 0 Å². The molecule has 0 aliphatic heterocycles. The van der Waals surface area contributed by atoms with Crippen LogP contribution in [0.2, 0.25) is 0 Å². The summed E-state index contributed by atoms with van der Waals surface area (Å²) in [6.45, 7) is 0. The number of amides is 2. The van der Waals surface area contributed by atoms with Crippen LogP contribution in [0.5, 0.6) is 23.5 Å². The summed E-state index contributed by atoms with van der Waals surface area (Å²) in [4.78, 5) is 20.2. The van der Waals surface area contributed by atoms with E-state index in [1.807, 2.05) is 24.3 Å². The van der Waals surface area contributed by atoms with Gasteiger partial charge in [0.2, 0.25) is 11.8 Å². The zero-order chi connectivity index (χ0) is 20.5. The average Bonchev–Trinajstić information content (AvgIpc) is 2.75. The molecule has 2 N–H and O–H groups in total. The fourth-order valence-corrected chi connectivity index (χ4v) is 2.26. The van der Waals surface area contributed by atoms with Gasteiger partial charge in [-0.15, -0.1) is 0 Å². The van der Waals surface area contributed by atoms with Gasteiger partial charge in [-0.3, -0.25) is 0 Å². The van der Waals surface area contributed by atoms with Crippen LogP contribution < -0.4 is 25.0 Å². The first kappa shape index (κ1) is 19.6. The summed E-state index contributed by atoms with van der Waals surface area (Å²) in [7, 11) is 2.97. The highest BCUT2D eigenvalue weighted by atomic mass is 16.5. The number of ether oxygens (including phenoxy) is 3. The van der Waals surface area contributed by atoms with Gasteiger partial charge >= 0.3 is 12.0 Å². The van der Waals surface area contributed by atoms with Crippen LogP contribution in [0, 0.1) is 0 Å². The lowest BCUT2D eigenvalue weighted by molar-refractivity contribution is 0.252. The number of nitrogens with zero attached hydrogens (tertiary/aromatic N) is 3. The summed E-state index contributed by atoms with van der Waals surface area (Å²) in [6, 6.07) is 17.3. The Bertz CT molecular complexity index is 973. The Hall–Kier alpha value is -4.14. The predicted octanol–water partition coefficient (Wildman–Crippen LogP) is 3.44. The van der Waals surface area contributed by atoms with Gasteiger partial charge in [0.1, 0.15) is 5.75 Å². The molecule has 0 atom stereocenters. The fourth-order valence-electron chi connectivity index (χ4n) is 2.26. The number of hydrazone groups is 1. The van der Waals surface area contributed by atoms with E-state index in [9.17, 15) is 4.79 Å². The average molecular weight is 393 g/mol. The van der Waals surface area contributed by atoms with E-state index >= 15 is 0 Å². The third-order valence-electron chi connectivity index (χ3n) is 3.60. The van der Waals surface area contributed by atoms with Crippen LogP contribution in [0.25, 0.3) is 0 Å². The Morgan fingerprint density at radius 3 is 2.31 bits per heavy atom. The van der Waals surface area contributed by atoms with Crippen molar-refractivity contribution in [3.63, 3.8) is 0 Å². The summed E-state index contributed by atoms with van der Waals surface area (Å²) in [6.07, 6.45) is 1.46. The molecule has 0 spiro atoms. The number of methoxy groups -OCH3 is 2. The third kappa shape index (κ3) is 5.67. The smallest absolute Gasteiger partial charge is 0.339 e. The van der Waals surface area contributed by atoms with Gasteiger partial charge < -0.3 is 19.5 Å². The quantitative estimate of drug-likeness (QED) is 0.470. The van der Waals surface area contributed by atoms with Gasteiger partial charge in [-0.1, -0.05) is 30.3 Å². The molecule has 1 heterocycles. The minimum atomic E-state index is -0.466. The summed E-state index contributed by atoms with van der Waals surface area (Å²) in [5.74, 6) is 1.05. The predicted molar refractivity (Wildman–Crippen MR) is 108 cm³/mol. The number of carbonyl (C=O) groups is 1. The molecule has 9 nitrogen and oxygen atoms in total. The molecule has 0 radical (unpaired) electrons. The number of aromatic nitrogens is 2. The first-order valence-electron chi connectivity index (χ1n) is 8.57. The summed E-state index contributed by atoms with van der Waals surface area (Å²) < 4.78 is 16.0. The molecule has 0 bridgehead atoms. The Morgan fingerprint density at radius 2 is 1.62 bits per heavy atom. The number of para-hydroxylation sites is 2. The van der Waals surface area contributed by atoms with Crippen molar-refractivity contribution < 1.29 is 19.0 Å². The molecule has 148 valence electrons. The standard InChI is InChI=1S/C20H19N5O4/c1-27-17-12-18(28-2)24-20(23-17)29-16-11-7-6-8-14(16)13-21-25-19(26)22-15-9-4-3-5-10-15/h3-13H,1-2H3,(H2,22,25,26). The van der Waals surface area contributed by atoms with E-state index in [0.29, 0.717) is 28.8 Å². The monoisotopic (exact) mass is 393 g/mol. The zero-order valence-corrected chi connectivity index (χ0v) is 15.8. The van der Waals surface area contributed by atoms with Crippen molar-refractivity contribution in [2.24, 2.45) is 5.10 Å². The first-order valence-corrected chi connectivity index (χ1v) is 8.57. The van der Waals surface area contributed by atoms with E-state index < -0.39 is 6.03 Å². The minimum Gasteiger partial charge on any atom is -0.481 e. The van der Waals surface area contributed by atoms with Gasteiger partial charge in [0.15, 0.2) is 0 Å². The van der Waals surface area contributed by atoms with Crippen molar-refractivity contribution in [3.05, 3.63) is 66.2 Å². The lowest BCUT2D eigenvalue weighted by atomic mass is 10.2. The highest BCUT2D eigenvalue weighted by Crippen LogP contribution is 2.25. The molecule has 1 aromatic heterocycles. The molecule has 0 aliphatic rings. The largest absolute Gasteiger partial charge is 0.481 e. The summed E-state index contributed by atoms with van der Waals surface area (Å²) in [5, 5.41) is 6.62. The van der Waals surface area contributed by atoms with Crippen molar-refractivity contribution >= 4 is 17.9 Å². The van der Waals surface area contributed by atoms with E-state index in [4.69, 9.17) is 14.2 Å². The van der Waals surface area contributed by atoms with E-state index in [1.165, 1.54) is 26.5 Å². The SMILES string of the molecule is COc1cc(OC)nc(Oc2ccccc2C=NNC(=O)Nc2ccccc2)n1. The molecule has 0 saturated heterocycles. The number of anilines is 1. The van der Waals surface area contributed by atoms with Crippen LogP contribution in [-0.4, -0.2) is 36.4 Å². The van der Waals surface area contributed by atoms with Gasteiger partial charge in [0.05, 0.1) is 26.5 Å². The van der Waals surface area contributed by atoms with E-state index in [-0.39, 0.29) is 6.01 Å². The second-order valence-corrected chi connectivity index (χ2v) is 5.57. The maximum atomic E-state index is 11.9. The minimum absolute atomic E-state index is 0.0526. The van der Waals surface area contributed by atoms with E-state index in [2.05, 4.69) is 25.8 Å². The zero-order valence-electron chi connectivity index (χ0n) is 15.8. The van der Waals surface area contributed by atoms with Crippen LogP contribution in [0.1, 0.15) is 5.56 Å². The molecule has 2 aromatic carbocycles. The molecule has 29 heavy (non-hydrogen) atoms. The number of hydrogen-bond acceptors (Lipinski definition) is 7. The van der Waals surface area contributed by atoms with Crippen LogP contribution in [0.15, 0.2) is 65.8 Å². The van der Waals surface area contributed by atoms with Crippen molar-refractivity contribution in [1.82, 2.24) is 15.4 Å². The number of rotatable bonds is 7. The molecular weight excluding hydrogens is 374 g/mol. The Labute approximate surface area is 167 Å². The molecule has 0 unspecified atom stereocenters. The Balaban J connectivity index is 1.69. The lowest BCUT2D eigenvalue weighted by Crippen LogP contribution is -2.24. The molecule has 0 fully saturated rings. The summed E-state index contributed by atoms with van der Waals surface area (Å²) >= 11 is 0. The highest BCUT2D eigenvalue weighted by Gasteiger charge is 2.10. The summed E-state index contributed by atoms with van der Waals surface area (Å²) in [5.41, 5.74) is 3.67. The first-order chi connectivity index (χ1) is 14.2. The van der Waals surface area contributed by atoms with Crippen LogP contribution in [-0.2, 0) is 0 Å². The van der Waals surface area contributed by atoms with Crippen molar-refractivity contribution in [2.75, 3.05) is 19.5 Å². The molecule has 9 heteroatoms. The number of carbonyl (C=O) groups excluding carboxylic acids is 1. The van der Waals surface area contributed by atoms with Crippen LogP contribution in [0.4, 0.5) is 10.5 Å². The molecule has 3 aromatic rings. The fraction of sp³-hybridized carbons (Fsp3) is 0.100. The molecular formula is C20H19N5O4. The number of nitrogens with one attached hydrogen (secondary N) is 2. The Morgan fingerprint density at radius 1 is 0.966 bits per heavy atom. The third-order valence-corrected chi connectivity index (χ3v) is 3.60. The number of urea groups is 1. The van der Waals surface area contributed by atoms with Crippen molar-refractivity contribution in [3.8, 4) is 23.5 Å². The number of hydrogen-bond donors (Lipinski definition) is 2. The van der Waals surface area contributed by atoms with Gasteiger partial charge in [-0.05, 0) is 24.3 Å². The molecule has 0 aliphatic carbocycles.